The lowest BCUT2D eigenvalue weighted by Gasteiger charge is -2.12. The largest absolute Gasteiger partial charge is 0.298 e. The molecule has 0 aromatic carbocycles. The zero-order valence-corrected chi connectivity index (χ0v) is 5.55. The van der Waals surface area contributed by atoms with E-state index in [2.05, 4.69) is 12.2 Å². The highest BCUT2D eigenvalue weighted by atomic mass is 16.1. The lowest BCUT2D eigenvalue weighted by molar-refractivity contribution is -0.124. The first kappa shape index (κ1) is 5.21. The first-order valence-electron chi connectivity index (χ1n) is 3.46. The molecule has 2 aliphatic rings. The van der Waals surface area contributed by atoms with Crippen molar-refractivity contribution in [2.24, 2.45) is 11.3 Å². The second-order valence-electron chi connectivity index (χ2n) is 3.29. The van der Waals surface area contributed by atoms with E-state index in [1.54, 1.807) is 0 Å². The fourth-order valence-electron chi connectivity index (χ4n) is 1.81. The van der Waals surface area contributed by atoms with Gasteiger partial charge in [0.15, 0.2) is 0 Å². The summed E-state index contributed by atoms with van der Waals surface area (Å²) < 4.78 is 0. The Morgan fingerprint density at radius 2 is 2.56 bits per heavy atom. The minimum Gasteiger partial charge on any atom is -0.298 e. The molecule has 2 rings (SSSR count). The summed E-state index contributed by atoms with van der Waals surface area (Å²) in [5.74, 6) is 0.734. The minimum atomic E-state index is -0.0509. The Labute approximate surface area is 54.8 Å². The molecule has 2 unspecified atom stereocenters. The molecule has 2 bridgehead atoms. The van der Waals surface area contributed by atoms with Crippen molar-refractivity contribution in [3.63, 3.8) is 0 Å². The molecule has 0 saturated heterocycles. The van der Waals surface area contributed by atoms with E-state index in [1.807, 2.05) is 6.92 Å². The van der Waals surface area contributed by atoms with Crippen LogP contribution in [-0.4, -0.2) is 5.78 Å². The Morgan fingerprint density at radius 1 is 1.78 bits per heavy atom. The van der Waals surface area contributed by atoms with Gasteiger partial charge in [-0.25, -0.2) is 0 Å². The molecule has 0 amide bonds. The maximum absolute atomic E-state index is 11.2. The molecule has 2 aliphatic carbocycles. The summed E-state index contributed by atoms with van der Waals surface area (Å²) in [7, 11) is 0. The van der Waals surface area contributed by atoms with Crippen molar-refractivity contribution >= 4 is 5.78 Å². The highest BCUT2D eigenvalue weighted by molar-refractivity contribution is 5.94. The second kappa shape index (κ2) is 1.28. The van der Waals surface area contributed by atoms with Gasteiger partial charge in [0.25, 0.3) is 0 Å². The van der Waals surface area contributed by atoms with Crippen molar-refractivity contribution in [3.8, 4) is 0 Å². The number of fused-ring (bicyclic) bond motifs is 2. The van der Waals surface area contributed by atoms with Crippen LogP contribution in [0.2, 0.25) is 0 Å². The Balaban J connectivity index is 2.47. The van der Waals surface area contributed by atoms with Crippen molar-refractivity contribution in [1.82, 2.24) is 0 Å². The molecule has 1 heteroatoms. The fourth-order valence-corrected chi connectivity index (χ4v) is 1.81. The molecule has 0 aliphatic heterocycles. The molecule has 1 nitrogen and oxygen atoms in total. The van der Waals surface area contributed by atoms with Gasteiger partial charge in [-0.15, -0.1) is 0 Å². The van der Waals surface area contributed by atoms with Gasteiger partial charge >= 0.3 is 0 Å². The Kier molecular flexibility index (Phi) is 0.743. The van der Waals surface area contributed by atoms with Crippen LogP contribution in [0.5, 0.6) is 0 Å². The molecule has 48 valence electrons. The van der Waals surface area contributed by atoms with E-state index in [0.29, 0.717) is 5.78 Å². The molecule has 0 N–H and O–H groups in total. The Bertz CT molecular complexity index is 193. The molecular formula is C8H10O. The maximum atomic E-state index is 11.2. The monoisotopic (exact) mass is 122 g/mol. The van der Waals surface area contributed by atoms with E-state index >= 15 is 0 Å². The lowest BCUT2D eigenvalue weighted by atomic mass is 9.90. The number of hydrogen-bond acceptors (Lipinski definition) is 1. The van der Waals surface area contributed by atoms with Gasteiger partial charge in [0.2, 0.25) is 0 Å². The van der Waals surface area contributed by atoms with Crippen LogP contribution in [-0.2, 0) is 4.79 Å². The second-order valence-corrected chi connectivity index (χ2v) is 3.29. The molecule has 1 fully saturated rings. The first-order valence-corrected chi connectivity index (χ1v) is 3.46. The summed E-state index contributed by atoms with van der Waals surface area (Å²) in [6, 6.07) is 0. The highest BCUT2D eigenvalue weighted by Crippen LogP contribution is 2.45. The van der Waals surface area contributed by atoms with Gasteiger partial charge in [0, 0.05) is 11.3 Å². The number of rotatable bonds is 0. The molecule has 9 heavy (non-hydrogen) atoms. The standard InChI is InChI=1S/C8H10O/c1-8-4-2-6(3-5-8)7(8)9/h2,4,6H,3,5H2,1H3. The van der Waals surface area contributed by atoms with E-state index in [4.69, 9.17) is 0 Å². The predicted molar refractivity (Wildman–Crippen MR) is 35.0 cm³/mol. The predicted octanol–water partition coefficient (Wildman–Crippen LogP) is 1.54. The first-order chi connectivity index (χ1) is 4.22. The summed E-state index contributed by atoms with van der Waals surface area (Å²) in [6.45, 7) is 2.04. The van der Waals surface area contributed by atoms with Gasteiger partial charge in [-0.3, -0.25) is 4.79 Å². The Hall–Kier alpha value is -0.590. The van der Waals surface area contributed by atoms with E-state index in [-0.39, 0.29) is 11.3 Å². The third-order valence-corrected chi connectivity index (χ3v) is 2.57. The number of Topliss-reactive ketones (excluding diaryl/α,β-unsaturated/α-hetero) is 1. The van der Waals surface area contributed by atoms with Crippen LogP contribution in [0.15, 0.2) is 12.2 Å². The zero-order valence-electron chi connectivity index (χ0n) is 5.55. The normalized spacial score (nSPS) is 46.8. The van der Waals surface area contributed by atoms with E-state index in [1.165, 1.54) is 0 Å². The van der Waals surface area contributed by atoms with E-state index in [0.717, 1.165) is 12.8 Å². The summed E-state index contributed by atoms with van der Waals surface area (Å²) >= 11 is 0. The van der Waals surface area contributed by atoms with Crippen LogP contribution in [0.4, 0.5) is 0 Å². The SMILES string of the molecule is CC12C=CC(CC1)C2=O. The third kappa shape index (κ3) is 0.473. The Morgan fingerprint density at radius 3 is 2.67 bits per heavy atom. The summed E-state index contributed by atoms with van der Waals surface area (Å²) in [4.78, 5) is 11.2. The number of allylic oxidation sites excluding steroid dienone is 2. The van der Waals surface area contributed by atoms with E-state index in [9.17, 15) is 4.79 Å². The van der Waals surface area contributed by atoms with Gasteiger partial charge in [0.05, 0.1) is 0 Å². The van der Waals surface area contributed by atoms with Gasteiger partial charge in [-0.2, -0.15) is 0 Å². The van der Waals surface area contributed by atoms with Crippen LogP contribution < -0.4 is 0 Å². The molecule has 0 aromatic rings. The summed E-state index contributed by atoms with van der Waals surface area (Å²) in [5.41, 5.74) is -0.0509. The van der Waals surface area contributed by atoms with Gasteiger partial charge < -0.3 is 0 Å². The maximum Gasteiger partial charge on any atom is 0.149 e. The van der Waals surface area contributed by atoms with Crippen molar-refractivity contribution in [3.05, 3.63) is 12.2 Å². The molecule has 2 atom stereocenters. The third-order valence-electron chi connectivity index (χ3n) is 2.57. The number of carbonyl (C=O) groups excluding carboxylic acids is 1. The number of hydrogen-bond donors (Lipinski definition) is 0. The lowest BCUT2D eigenvalue weighted by Crippen LogP contribution is -2.16. The van der Waals surface area contributed by atoms with Crippen LogP contribution in [0.1, 0.15) is 19.8 Å². The van der Waals surface area contributed by atoms with Crippen molar-refractivity contribution < 1.29 is 4.79 Å². The van der Waals surface area contributed by atoms with Crippen LogP contribution in [0.3, 0.4) is 0 Å². The molecule has 0 radical (unpaired) electrons. The summed E-state index contributed by atoms with van der Waals surface area (Å²) in [5, 5.41) is 0. The van der Waals surface area contributed by atoms with E-state index < -0.39 is 0 Å². The smallest absolute Gasteiger partial charge is 0.149 e. The van der Waals surface area contributed by atoms with Crippen molar-refractivity contribution in [1.29, 1.82) is 0 Å². The number of carbonyl (C=O) groups is 1. The van der Waals surface area contributed by atoms with Crippen LogP contribution in [0, 0.1) is 11.3 Å². The summed E-state index contributed by atoms with van der Waals surface area (Å²) in [6.07, 6.45) is 6.30. The molecular weight excluding hydrogens is 112 g/mol. The zero-order chi connectivity index (χ0) is 6.48. The van der Waals surface area contributed by atoms with Crippen molar-refractivity contribution in [2.75, 3.05) is 0 Å². The van der Waals surface area contributed by atoms with Crippen molar-refractivity contribution in [2.45, 2.75) is 19.8 Å². The molecule has 0 spiro atoms. The minimum absolute atomic E-state index is 0.0509. The van der Waals surface area contributed by atoms with Gasteiger partial charge in [0.1, 0.15) is 5.78 Å². The average molecular weight is 122 g/mol. The average Bonchev–Trinajstić information content (AvgIpc) is 2.24. The van der Waals surface area contributed by atoms with Gasteiger partial charge in [-0.1, -0.05) is 12.2 Å². The molecule has 0 aromatic heterocycles. The van der Waals surface area contributed by atoms with Gasteiger partial charge in [-0.05, 0) is 19.8 Å². The van der Waals surface area contributed by atoms with Crippen LogP contribution >= 0.6 is 0 Å². The number of ketones is 1. The molecule has 0 heterocycles. The van der Waals surface area contributed by atoms with Crippen LogP contribution in [0.25, 0.3) is 0 Å². The fraction of sp³-hybridized carbons (Fsp3) is 0.625. The topological polar surface area (TPSA) is 17.1 Å². The molecule has 1 saturated carbocycles. The quantitative estimate of drug-likeness (QED) is 0.445. The highest BCUT2D eigenvalue weighted by Gasteiger charge is 2.45.